The molecule has 0 fully saturated rings. The fraction of sp³-hybridized carbons (Fsp3) is 1.00. The molecule has 0 amide bonds. The van der Waals surface area contributed by atoms with Crippen LogP contribution in [-0.4, -0.2) is 37.6 Å². The van der Waals surface area contributed by atoms with Crippen molar-refractivity contribution in [3.8, 4) is 0 Å². The largest absolute Gasteiger partial charge is 0.393 e. The van der Waals surface area contributed by atoms with Crippen LogP contribution in [0.2, 0.25) is 0 Å². The molecule has 3 heteroatoms. The van der Waals surface area contributed by atoms with Gasteiger partial charge in [-0.2, -0.15) is 0 Å². The third-order valence-electron chi connectivity index (χ3n) is 1.98. The van der Waals surface area contributed by atoms with Crippen molar-refractivity contribution in [1.29, 1.82) is 0 Å². The molecule has 0 radical (unpaired) electrons. The number of hydrogen-bond donors (Lipinski definition) is 1. The topological polar surface area (TPSA) is 38.7 Å². The van der Waals surface area contributed by atoms with Crippen LogP contribution in [0.3, 0.4) is 0 Å². The minimum atomic E-state index is -0.181. The second-order valence-electron chi connectivity index (χ2n) is 4.43. The van der Waals surface area contributed by atoms with Gasteiger partial charge in [0.1, 0.15) is 0 Å². The minimum absolute atomic E-state index is 0.181. The summed E-state index contributed by atoms with van der Waals surface area (Å²) in [4.78, 5) is 0. The Labute approximate surface area is 93.8 Å². The van der Waals surface area contributed by atoms with Gasteiger partial charge in [0.15, 0.2) is 0 Å². The van der Waals surface area contributed by atoms with Crippen molar-refractivity contribution >= 4 is 0 Å². The van der Waals surface area contributed by atoms with Gasteiger partial charge in [0.25, 0.3) is 0 Å². The van der Waals surface area contributed by atoms with Crippen LogP contribution < -0.4 is 0 Å². The van der Waals surface area contributed by atoms with E-state index in [0.717, 1.165) is 32.5 Å². The second-order valence-corrected chi connectivity index (χ2v) is 4.43. The van der Waals surface area contributed by atoms with E-state index in [4.69, 9.17) is 14.6 Å². The molecule has 92 valence electrons. The van der Waals surface area contributed by atoms with E-state index in [1.54, 1.807) is 0 Å². The zero-order valence-corrected chi connectivity index (χ0v) is 10.4. The van der Waals surface area contributed by atoms with Gasteiger partial charge in [0.2, 0.25) is 0 Å². The molecule has 0 aromatic carbocycles. The molecule has 0 aromatic rings. The first-order chi connectivity index (χ1) is 7.13. The van der Waals surface area contributed by atoms with Crippen molar-refractivity contribution in [2.24, 2.45) is 5.92 Å². The number of unbranched alkanes of at least 4 members (excludes halogenated alkanes) is 1. The molecule has 0 aliphatic carbocycles. The quantitative estimate of drug-likeness (QED) is 0.571. The van der Waals surface area contributed by atoms with E-state index in [2.05, 4.69) is 13.8 Å². The molecule has 0 bridgehead atoms. The Morgan fingerprint density at radius 3 is 2.20 bits per heavy atom. The zero-order valence-electron chi connectivity index (χ0n) is 10.4. The molecule has 0 heterocycles. The number of ether oxygens (including phenoxy) is 2. The first-order valence-corrected chi connectivity index (χ1v) is 5.96. The molecule has 0 saturated heterocycles. The molecule has 0 rings (SSSR count). The van der Waals surface area contributed by atoms with Crippen LogP contribution in [0, 0.1) is 5.92 Å². The Morgan fingerprint density at radius 2 is 1.60 bits per heavy atom. The zero-order chi connectivity index (χ0) is 11.5. The number of aliphatic hydroxyl groups is 1. The summed E-state index contributed by atoms with van der Waals surface area (Å²) in [6.07, 6.45) is 2.74. The molecule has 0 aliphatic heterocycles. The van der Waals surface area contributed by atoms with Gasteiger partial charge < -0.3 is 14.6 Å². The van der Waals surface area contributed by atoms with Crippen molar-refractivity contribution in [3.63, 3.8) is 0 Å². The van der Waals surface area contributed by atoms with Crippen LogP contribution in [0.15, 0.2) is 0 Å². The van der Waals surface area contributed by atoms with E-state index < -0.39 is 0 Å². The minimum Gasteiger partial charge on any atom is -0.393 e. The molecular formula is C12H26O3. The second kappa shape index (κ2) is 10.4. The lowest BCUT2D eigenvalue weighted by Crippen LogP contribution is -2.09. The van der Waals surface area contributed by atoms with Crippen molar-refractivity contribution in [2.75, 3.05) is 26.4 Å². The SMILES string of the molecule is CC(C)COCCOCCCCC(C)O. The lowest BCUT2D eigenvalue weighted by Gasteiger charge is -2.07. The van der Waals surface area contributed by atoms with Gasteiger partial charge in [-0.1, -0.05) is 13.8 Å². The normalized spacial score (nSPS) is 13.4. The molecule has 3 nitrogen and oxygen atoms in total. The third kappa shape index (κ3) is 13.9. The maximum absolute atomic E-state index is 9.02. The molecule has 0 saturated carbocycles. The summed E-state index contributed by atoms with van der Waals surface area (Å²) in [5.74, 6) is 0.594. The van der Waals surface area contributed by atoms with E-state index in [1.165, 1.54) is 0 Å². The van der Waals surface area contributed by atoms with Gasteiger partial charge in [0.05, 0.1) is 19.3 Å². The molecule has 1 atom stereocenters. The van der Waals surface area contributed by atoms with Crippen LogP contribution >= 0.6 is 0 Å². The fourth-order valence-electron chi connectivity index (χ4n) is 1.18. The Kier molecular flexibility index (Phi) is 10.3. The summed E-state index contributed by atoms with van der Waals surface area (Å²) in [6.45, 7) is 9.05. The van der Waals surface area contributed by atoms with Gasteiger partial charge in [-0.05, 0) is 32.1 Å². The summed E-state index contributed by atoms with van der Waals surface area (Å²) < 4.78 is 10.8. The Morgan fingerprint density at radius 1 is 0.933 bits per heavy atom. The molecular weight excluding hydrogens is 192 g/mol. The standard InChI is InChI=1S/C12H26O3/c1-11(2)10-15-9-8-14-7-5-4-6-12(3)13/h11-13H,4-10H2,1-3H3. The lowest BCUT2D eigenvalue weighted by molar-refractivity contribution is 0.0359. The van der Waals surface area contributed by atoms with Crippen LogP contribution in [0.1, 0.15) is 40.0 Å². The highest BCUT2D eigenvalue weighted by molar-refractivity contribution is 4.47. The highest BCUT2D eigenvalue weighted by atomic mass is 16.5. The summed E-state index contributed by atoms with van der Waals surface area (Å²) in [5, 5.41) is 9.02. The van der Waals surface area contributed by atoms with Gasteiger partial charge in [-0.15, -0.1) is 0 Å². The van der Waals surface area contributed by atoms with E-state index in [0.29, 0.717) is 19.1 Å². The van der Waals surface area contributed by atoms with E-state index in [9.17, 15) is 0 Å². The summed E-state index contributed by atoms with van der Waals surface area (Å²) >= 11 is 0. The van der Waals surface area contributed by atoms with Gasteiger partial charge in [0, 0.05) is 13.2 Å². The first-order valence-electron chi connectivity index (χ1n) is 5.96. The average molecular weight is 218 g/mol. The number of hydrogen-bond acceptors (Lipinski definition) is 3. The Hall–Kier alpha value is -0.120. The number of rotatable bonds is 10. The number of aliphatic hydroxyl groups excluding tert-OH is 1. The van der Waals surface area contributed by atoms with Crippen LogP contribution in [0.4, 0.5) is 0 Å². The monoisotopic (exact) mass is 218 g/mol. The molecule has 15 heavy (non-hydrogen) atoms. The Bertz CT molecular complexity index is 110. The Balaban J connectivity index is 2.93. The first kappa shape index (κ1) is 14.9. The predicted molar refractivity (Wildman–Crippen MR) is 62.0 cm³/mol. The van der Waals surface area contributed by atoms with Gasteiger partial charge in [-0.25, -0.2) is 0 Å². The van der Waals surface area contributed by atoms with Gasteiger partial charge in [-0.3, -0.25) is 0 Å². The van der Waals surface area contributed by atoms with E-state index in [1.807, 2.05) is 6.92 Å². The smallest absolute Gasteiger partial charge is 0.0700 e. The summed E-state index contributed by atoms with van der Waals surface area (Å²) in [5.41, 5.74) is 0. The summed E-state index contributed by atoms with van der Waals surface area (Å²) in [6, 6.07) is 0. The van der Waals surface area contributed by atoms with Crippen molar-refractivity contribution in [3.05, 3.63) is 0 Å². The molecule has 0 aliphatic rings. The molecule has 0 spiro atoms. The van der Waals surface area contributed by atoms with Crippen molar-refractivity contribution in [1.82, 2.24) is 0 Å². The highest BCUT2D eigenvalue weighted by Crippen LogP contribution is 2.00. The highest BCUT2D eigenvalue weighted by Gasteiger charge is 1.96. The summed E-state index contributed by atoms with van der Waals surface area (Å²) in [7, 11) is 0. The van der Waals surface area contributed by atoms with Crippen LogP contribution in [-0.2, 0) is 9.47 Å². The molecule has 0 aromatic heterocycles. The molecule has 1 N–H and O–H groups in total. The van der Waals surface area contributed by atoms with Gasteiger partial charge >= 0.3 is 0 Å². The fourth-order valence-corrected chi connectivity index (χ4v) is 1.18. The van der Waals surface area contributed by atoms with Crippen LogP contribution in [0.25, 0.3) is 0 Å². The van der Waals surface area contributed by atoms with Crippen molar-refractivity contribution in [2.45, 2.75) is 46.1 Å². The van der Waals surface area contributed by atoms with Crippen molar-refractivity contribution < 1.29 is 14.6 Å². The third-order valence-corrected chi connectivity index (χ3v) is 1.98. The lowest BCUT2D eigenvalue weighted by atomic mass is 10.2. The maximum Gasteiger partial charge on any atom is 0.0700 e. The van der Waals surface area contributed by atoms with E-state index in [-0.39, 0.29) is 6.10 Å². The van der Waals surface area contributed by atoms with E-state index >= 15 is 0 Å². The average Bonchev–Trinajstić information content (AvgIpc) is 2.14. The van der Waals surface area contributed by atoms with Crippen LogP contribution in [0.5, 0.6) is 0 Å². The maximum atomic E-state index is 9.02. The molecule has 1 unspecified atom stereocenters. The predicted octanol–water partition coefficient (Wildman–Crippen LogP) is 2.23.